The molecule has 1 aliphatic rings. The molecule has 0 heterocycles. The third-order valence-corrected chi connectivity index (χ3v) is 3.08. The Balaban J connectivity index is 0.000000921. The summed E-state index contributed by atoms with van der Waals surface area (Å²) in [5, 5.41) is 0. The quantitative estimate of drug-likeness (QED) is 0.443. The first-order valence-electron chi connectivity index (χ1n) is 5.51. The van der Waals surface area contributed by atoms with Crippen LogP contribution in [0.3, 0.4) is 0 Å². The molecule has 0 amide bonds. The molecule has 0 aromatic heterocycles. The van der Waals surface area contributed by atoms with Gasteiger partial charge in [-0.2, -0.15) is 0 Å². The number of carbonyl (C=O) groups excluding carboxylic acids is 2. The number of rotatable bonds is 2. The predicted octanol–water partition coefficient (Wildman–Crippen LogP) is 2.71. The summed E-state index contributed by atoms with van der Waals surface area (Å²) in [5.74, 6) is -0.917. The zero-order valence-corrected chi connectivity index (χ0v) is 11.2. The van der Waals surface area contributed by atoms with Crippen LogP contribution in [0.1, 0.15) is 40.0 Å². The first-order chi connectivity index (χ1) is 7.16. The van der Waals surface area contributed by atoms with Gasteiger partial charge in [-0.25, -0.2) is 0 Å². The molecule has 15 heavy (non-hydrogen) atoms. The molecule has 0 aromatic carbocycles. The summed E-state index contributed by atoms with van der Waals surface area (Å²) >= 11 is 3.26. The molecule has 0 saturated heterocycles. The molecule has 0 spiro atoms. The van der Waals surface area contributed by atoms with Crippen LogP contribution in [0.4, 0.5) is 0 Å². The first-order valence-corrected chi connectivity index (χ1v) is 6.42. The molecule has 1 fully saturated rings. The predicted molar refractivity (Wildman–Crippen MR) is 63.0 cm³/mol. The number of esters is 1. The summed E-state index contributed by atoms with van der Waals surface area (Å²) in [4.78, 5) is 22.6. The molecule has 1 saturated carbocycles. The molecule has 4 heteroatoms. The van der Waals surface area contributed by atoms with E-state index >= 15 is 0 Å². The largest absolute Gasteiger partial charge is 0.465 e. The van der Waals surface area contributed by atoms with Gasteiger partial charge >= 0.3 is 5.97 Å². The average Bonchev–Trinajstić information content (AvgIpc) is 2.25. The molecule has 0 bridgehead atoms. The Labute approximate surface area is 99.7 Å². The van der Waals surface area contributed by atoms with Crippen LogP contribution in [0.15, 0.2) is 0 Å². The van der Waals surface area contributed by atoms with Crippen LogP contribution < -0.4 is 0 Å². The fraction of sp³-hybridized carbons (Fsp3) is 0.818. The Hall–Kier alpha value is -0.380. The molecular formula is C11H19BrO3. The summed E-state index contributed by atoms with van der Waals surface area (Å²) in [6.45, 7) is 6.09. The highest BCUT2D eigenvalue weighted by atomic mass is 79.9. The van der Waals surface area contributed by atoms with E-state index in [0.717, 1.165) is 12.8 Å². The second-order valence-corrected chi connectivity index (χ2v) is 4.21. The second kappa shape index (κ2) is 7.85. The van der Waals surface area contributed by atoms with Gasteiger partial charge in [0, 0.05) is 0 Å². The van der Waals surface area contributed by atoms with Gasteiger partial charge in [-0.05, 0) is 19.8 Å². The number of carbonyl (C=O) groups is 2. The van der Waals surface area contributed by atoms with Crippen molar-refractivity contribution in [1.82, 2.24) is 0 Å². The van der Waals surface area contributed by atoms with E-state index < -0.39 is 5.92 Å². The minimum atomic E-state index is -0.530. The van der Waals surface area contributed by atoms with Crippen LogP contribution in [0.25, 0.3) is 0 Å². The lowest BCUT2D eigenvalue weighted by Gasteiger charge is -2.22. The number of hydrogen-bond acceptors (Lipinski definition) is 3. The highest BCUT2D eigenvalue weighted by Crippen LogP contribution is 2.26. The Bertz CT molecular complexity index is 216. The van der Waals surface area contributed by atoms with E-state index in [0.29, 0.717) is 13.0 Å². The van der Waals surface area contributed by atoms with Gasteiger partial charge < -0.3 is 4.74 Å². The lowest BCUT2D eigenvalue weighted by molar-refractivity contribution is -0.152. The van der Waals surface area contributed by atoms with Crippen LogP contribution in [-0.2, 0) is 14.3 Å². The van der Waals surface area contributed by atoms with Crippen LogP contribution in [-0.4, -0.2) is 23.2 Å². The van der Waals surface area contributed by atoms with Gasteiger partial charge in [-0.1, -0.05) is 36.2 Å². The maximum Gasteiger partial charge on any atom is 0.316 e. The van der Waals surface area contributed by atoms with Crippen molar-refractivity contribution < 1.29 is 14.3 Å². The van der Waals surface area contributed by atoms with E-state index in [2.05, 4.69) is 15.9 Å². The van der Waals surface area contributed by atoms with Crippen molar-refractivity contribution in [3.63, 3.8) is 0 Å². The molecule has 3 nitrogen and oxygen atoms in total. The highest BCUT2D eigenvalue weighted by Gasteiger charge is 2.35. The van der Waals surface area contributed by atoms with Gasteiger partial charge in [0.1, 0.15) is 5.92 Å². The zero-order valence-electron chi connectivity index (χ0n) is 9.59. The molecule has 1 aliphatic carbocycles. The van der Waals surface area contributed by atoms with E-state index in [-0.39, 0.29) is 16.6 Å². The maximum absolute atomic E-state index is 11.5. The summed E-state index contributed by atoms with van der Waals surface area (Å²) < 4.78 is 4.82. The molecule has 2 unspecified atom stereocenters. The maximum atomic E-state index is 11.5. The van der Waals surface area contributed by atoms with Crippen LogP contribution in [0.2, 0.25) is 0 Å². The number of hydrogen-bond donors (Lipinski definition) is 0. The van der Waals surface area contributed by atoms with E-state index in [4.69, 9.17) is 4.74 Å². The third-order valence-electron chi connectivity index (χ3n) is 2.17. The Morgan fingerprint density at radius 2 is 2.07 bits per heavy atom. The summed E-state index contributed by atoms with van der Waals surface area (Å²) in [6, 6.07) is 0. The van der Waals surface area contributed by atoms with Crippen LogP contribution >= 0.6 is 15.9 Å². The van der Waals surface area contributed by atoms with E-state index in [1.54, 1.807) is 6.92 Å². The smallest absolute Gasteiger partial charge is 0.316 e. The van der Waals surface area contributed by atoms with E-state index in [1.807, 2.05) is 13.8 Å². The lowest BCUT2D eigenvalue weighted by Crippen LogP contribution is -2.35. The van der Waals surface area contributed by atoms with Gasteiger partial charge in [0.2, 0.25) is 0 Å². The van der Waals surface area contributed by atoms with Crippen LogP contribution in [0, 0.1) is 5.92 Å². The lowest BCUT2D eigenvalue weighted by atomic mass is 9.88. The van der Waals surface area contributed by atoms with Crippen molar-refractivity contribution in [2.75, 3.05) is 6.61 Å². The molecule has 2 atom stereocenters. The monoisotopic (exact) mass is 278 g/mol. The Kier molecular flexibility index (Phi) is 7.65. The Morgan fingerprint density at radius 3 is 2.60 bits per heavy atom. The van der Waals surface area contributed by atoms with Crippen LogP contribution in [0.5, 0.6) is 0 Å². The van der Waals surface area contributed by atoms with Crippen molar-refractivity contribution in [3.05, 3.63) is 0 Å². The normalized spacial score (nSPS) is 25.2. The fourth-order valence-corrected chi connectivity index (χ4v) is 2.12. The molecule has 0 aliphatic heterocycles. The number of ketones is 1. The standard InChI is InChI=1S/C9H13BrO3.C2H6/c1-2-13-9(12)6-4-3-5-7(10)8(6)11;1-2/h6-7H,2-5H2,1H3;1-2H3. The second-order valence-electron chi connectivity index (χ2n) is 3.11. The van der Waals surface area contributed by atoms with Gasteiger partial charge in [-0.15, -0.1) is 0 Å². The summed E-state index contributed by atoms with van der Waals surface area (Å²) in [6.07, 6.45) is 2.37. The van der Waals surface area contributed by atoms with E-state index in [1.165, 1.54) is 0 Å². The highest BCUT2D eigenvalue weighted by molar-refractivity contribution is 9.10. The van der Waals surface area contributed by atoms with Crippen molar-refractivity contribution in [3.8, 4) is 0 Å². The summed E-state index contributed by atoms with van der Waals surface area (Å²) in [5.41, 5.74) is 0. The molecular weight excluding hydrogens is 260 g/mol. The topological polar surface area (TPSA) is 43.4 Å². The zero-order chi connectivity index (χ0) is 11.8. The molecule has 88 valence electrons. The van der Waals surface area contributed by atoms with Crippen molar-refractivity contribution in [2.24, 2.45) is 5.92 Å². The number of ether oxygens (including phenoxy) is 1. The molecule has 0 aromatic rings. The summed E-state index contributed by atoms with van der Waals surface area (Å²) in [7, 11) is 0. The van der Waals surface area contributed by atoms with Crippen molar-refractivity contribution >= 4 is 27.7 Å². The SMILES string of the molecule is CC.CCOC(=O)C1CCCC(Br)C1=O. The van der Waals surface area contributed by atoms with Crippen molar-refractivity contribution in [1.29, 1.82) is 0 Å². The minimum absolute atomic E-state index is 0.0234. The number of halogens is 1. The number of alkyl halides is 1. The minimum Gasteiger partial charge on any atom is -0.465 e. The number of Topliss-reactive ketones (excluding diaryl/α,β-unsaturated/α-hetero) is 1. The van der Waals surface area contributed by atoms with Gasteiger partial charge in [-0.3, -0.25) is 9.59 Å². The molecule has 1 rings (SSSR count). The van der Waals surface area contributed by atoms with Gasteiger partial charge in [0.05, 0.1) is 11.4 Å². The third kappa shape index (κ3) is 4.33. The van der Waals surface area contributed by atoms with Gasteiger partial charge in [0.15, 0.2) is 5.78 Å². The van der Waals surface area contributed by atoms with E-state index in [9.17, 15) is 9.59 Å². The fourth-order valence-electron chi connectivity index (χ4n) is 1.48. The average molecular weight is 279 g/mol. The van der Waals surface area contributed by atoms with Crippen molar-refractivity contribution in [2.45, 2.75) is 44.9 Å². The molecule has 0 N–H and O–H groups in total. The Morgan fingerprint density at radius 1 is 1.47 bits per heavy atom. The van der Waals surface area contributed by atoms with Gasteiger partial charge in [0.25, 0.3) is 0 Å². The first kappa shape index (κ1) is 14.6. The molecule has 0 radical (unpaired) electrons.